The van der Waals surface area contributed by atoms with E-state index in [4.69, 9.17) is 14.7 Å². The smallest absolute Gasteiger partial charge is 0.158 e. The molecule has 1 saturated heterocycles. The van der Waals surface area contributed by atoms with Gasteiger partial charge in [-0.2, -0.15) is 0 Å². The second-order valence-corrected chi connectivity index (χ2v) is 9.68. The molecule has 32 heavy (non-hydrogen) atoms. The number of hydrogen-bond acceptors (Lipinski definition) is 7. The van der Waals surface area contributed by atoms with Gasteiger partial charge in [0.05, 0.1) is 16.4 Å². The largest absolute Gasteiger partial charge is 0.385 e. The molecule has 5 rings (SSSR count). The van der Waals surface area contributed by atoms with E-state index in [1.807, 2.05) is 11.3 Å². The van der Waals surface area contributed by atoms with E-state index in [9.17, 15) is 0 Å². The number of likely N-dealkylation sites (N-methyl/N-ethyl adjacent to an activating group) is 1. The van der Waals surface area contributed by atoms with Gasteiger partial charge < -0.3 is 15.0 Å². The fourth-order valence-electron chi connectivity index (χ4n) is 4.81. The molecule has 1 aromatic heterocycles. The molecule has 2 aliphatic heterocycles. The monoisotopic (exact) mass is 497 g/mol. The number of halogens is 2. The highest BCUT2D eigenvalue weighted by atomic mass is 35.5. The molecule has 1 saturated carbocycles. The maximum absolute atomic E-state index is 5.36. The molecule has 0 bridgehead atoms. The Kier molecular flexibility index (Phi) is 8.81. The molecule has 0 radical (unpaired) electrons. The molecule has 1 atom stereocenters. The van der Waals surface area contributed by atoms with E-state index in [0.717, 1.165) is 60.6 Å². The van der Waals surface area contributed by atoms with E-state index < -0.39 is 0 Å². The minimum Gasteiger partial charge on any atom is -0.385 e. The van der Waals surface area contributed by atoms with Crippen LogP contribution in [0.3, 0.4) is 0 Å². The Morgan fingerprint density at radius 1 is 1.16 bits per heavy atom. The number of aromatic nitrogens is 1. The highest BCUT2D eigenvalue weighted by Crippen LogP contribution is 2.43. The summed E-state index contributed by atoms with van der Waals surface area (Å²) in [4.78, 5) is 15.2. The minimum atomic E-state index is 0. The first-order valence-corrected chi connectivity index (χ1v) is 11.9. The molecular formula is C23H33Cl2N5OS. The van der Waals surface area contributed by atoms with Crippen molar-refractivity contribution < 1.29 is 4.74 Å². The van der Waals surface area contributed by atoms with Crippen molar-refractivity contribution in [2.75, 3.05) is 45.7 Å². The summed E-state index contributed by atoms with van der Waals surface area (Å²) in [5.41, 5.74) is 3.10. The number of amidine groups is 1. The highest BCUT2D eigenvalue weighted by Gasteiger charge is 2.32. The average molecular weight is 499 g/mol. The minimum absolute atomic E-state index is 0. The van der Waals surface area contributed by atoms with Crippen molar-refractivity contribution in [3.05, 3.63) is 35.0 Å². The zero-order valence-corrected chi connectivity index (χ0v) is 21.2. The van der Waals surface area contributed by atoms with Gasteiger partial charge in [0.2, 0.25) is 0 Å². The van der Waals surface area contributed by atoms with Crippen molar-refractivity contribution in [1.82, 2.24) is 14.8 Å². The predicted molar refractivity (Wildman–Crippen MR) is 138 cm³/mol. The summed E-state index contributed by atoms with van der Waals surface area (Å²) in [5, 5.41) is 6.08. The van der Waals surface area contributed by atoms with Crippen LogP contribution in [0, 0.1) is 0 Å². The third-order valence-corrected chi connectivity index (χ3v) is 7.80. The number of rotatable bonds is 4. The number of aliphatic imine (C=N–C) groups is 1. The molecular weight excluding hydrogens is 465 g/mol. The molecule has 0 amide bonds. The molecule has 3 aliphatic rings. The van der Waals surface area contributed by atoms with Crippen molar-refractivity contribution in [2.24, 2.45) is 4.99 Å². The van der Waals surface area contributed by atoms with E-state index in [-0.39, 0.29) is 24.8 Å². The number of fused-ring (bicyclic) bond motifs is 2. The first-order chi connectivity index (χ1) is 14.7. The van der Waals surface area contributed by atoms with E-state index >= 15 is 0 Å². The van der Waals surface area contributed by atoms with Gasteiger partial charge in [-0.05, 0) is 38.4 Å². The molecule has 0 spiro atoms. The first kappa shape index (κ1) is 25.2. The molecule has 6 nitrogen and oxygen atoms in total. The summed E-state index contributed by atoms with van der Waals surface area (Å²) in [6.07, 6.45) is 6.21. The van der Waals surface area contributed by atoms with Crippen molar-refractivity contribution in [3.8, 4) is 0 Å². The number of nitrogens with zero attached hydrogens (tertiary/aromatic N) is 4. The lowest BCUT2D eigenvalue weighted by Gasteiger charge is -2.40. The Balaban J connectivity index is 0.00000144. The Morgan fingerprint density at radius 2 is 1.94 bits per heavy atom. The summed E-state index contributed by atoms with van der Waals surface area (Å²) in [5.74, 6) is 1.64. The third kappa shape index (κ3) is 5.07. The molecule has 2 aromatic rings. The second-order valence-electron chi connectivity index (χ2n) is 8.65. The van der Waals surface area contributed by atoms with Gasteiger partial charge in [0.15, 0.2) is 5.84 Å². The van der Waals surface area contributed by atoms with Crippen LogP contribution < -0.4 is 5.32 Å². The molecule has 1 N–H and O–H groups in total. The van der Waals surface area contributed by atoms with Crippen molar-refractivity contribution >= 4 is 58.4 Å². The quantitative estimate of drug-likeness (QED) is 0.609. The molecule has 0 unspecified atom stereocenters. The number of hydrogen-bond donors (Lipinski definition) is 1. The summed E-state index contributed by atoms with van der Waals surface area (Å²) in [6.45, 7) is 3.73. The molecule has 9 heteroatoms. The van der Waals surface area contributed by atoms with E-state index in [1.165, 1.54) is 30.7 Å². The molecule has 1 aliphatic carbocycles. The Bertz CT molecular complexity index is 931. The Morgan fingerprint density at radius 3 is 2.72 bits per heavy atom. The van der Waals surface area contributed by atoms with E-state index in [2.05, 4.69) is 46.4 Å². The maximum Gasteiger partial charge on any atom is 0.158 e. The lowest BCUT2D eigenvalue weighted by atomic mass is 10.1. The zero-order chi connectivity index (χ0) is 20.5. The summed E-state index contributed by atoms with van der Waals surface area (Å²) < 4.78 is 5.36. The Hall–Kier alpha value is -1.38. The maximum atomic E-state index is 5.36. The number of methoxy groups -OCH3 is 1. The predicted octanol–water partition coefficient (Wildman–Crippen LogP) is 5.43. The van der Waals surface area contributed by atoms with Gasteiger partial charge in [-0.15, -0.1) is 36.2 Å². The molecule has 1 aromatic carbocycles. The fourth-order valence-corrected chi connectivity index (χ4v) is 5.95. The second kappa shape index (κ2) is 11.2. The van der Waals surface area contributed by atoms with Crippen LogP contribution in [0.1, 0.15) is 48.7 Å². The SMILES string of the molecule is COCC[C@H]1CN(C2=Nc3ccccc3Nc3sc(C4CCCC4)nc32)CCN1C.Cl.Cl. The van der Waals surface area contributed by atoms with Gasteiger partial charge >= 0.3 is 0 Å². The van der Waals surface area contributed by atoms with Crippen molar-refractivity contribution in [1.29, 1.82) is 0 Å². The van der Waals surface area contributed by atoms with E-state index in [1.54, 1.807) is 7.11 Å². The standard InChI is InChI=1S/C23H31N5OS.2ClH/c1-27-12-13-28(15-17(27)11-14-29-2)21-20-23(25-19-10-6-5-9-18(19)24-21)30-22(26-20)16-7-3-4-8-16;;/h5-6,9-10,16-17,25H,3-4,7-8,11-15H2,1-2H3;2*1H/t17-;;/m0../s1. The first-order valence-electron chi connectivity index (χ1n) is 11.1. The molecule has 2 fully saturated rings. The summed E-state index contributed by atoms with van der Waals surface area (Å²) >= 11 is 1.83. The number of benzene rings is 1. The van der Waals surface area contributed by atoms with Crippen LogP contribution in [-0.4, -0.2) is 67.1 Å². The van der Waals surface area contributed by atoms with Crippen LogP contribution in [0.4, 0.5) is 16.4 Å². The van der Waals surface area contributed by atoms with Gasteiger partial charge in [0.25, 0.3) is 0 Å². The average Bonchev–Trinajstić information content (AvgIpc) is 3.40. The lowest BCUT2D eigenvalue weighted by molar-refractivity contribution is 0.100. The van der Waals surface area contributed by atoms with Crippen LogP contribution in [0.15, 0.2) is 29.3 Å². The fraction of sp³-hybridized carbons (Fsp3) is 0.565. The zero-order valence-electron chi connectivity index (χ0n) is 18.7. The number of thiazole rings is 1. The van der Waals surface area contributed by atoms with Gasteiger partial charge in [0.1, 0.15) is 10.7 Å². The van der Waals surface area contributed by atoms with Crippen LogP contribution >= 0.6 is 36.2 Å². The number of nitrogens with one attached hydrogen (secondary N) is 1. The lowest BCUT2D eigenvalue weighted by Crippen LogP contribution is -2.53. The van der Waals surface area contributed by atoms with Crippen molar-refractivity contribution in [2.45, 2.75) is 44.1 Å². The molecule has 176 valence electrons. The number of anilines is 2. The normalized spacial score (nSPS) is 20.9. The molecule has 3 heterocycles. The van der Waals surface area contributed by atoms with Gasteiger partial charge in [-0.1, -0.05) is 25.0 Å². The van der Waals surface area contributed by atoms with Crippen LogP contribution in [-0.2, 0) is 4.74 Å². The number of piperazine rings is 1. The third-order valence-electron chi connectivity index (χ3n) is 6.67. The topological polar surface area (TPSA) is 53.0 Å². The van der Waals surface area contributed by atoms with Gasteiger partial charge in [0, 0.05) is 45.3 Å². The summed E-state index contributed by atoms with van der Waals surface area (Å²) in [7, 11) is 4.00. The summed E-state index contributed by atoms with van der Waals surface area (Å²) in [6, 6.07) is 8.80. The number of para-hydroxylation sites is 2. The van der Waals surface area contributed by atoms with E-state index in [0.29, 0.717) is 12.0 Å². The highest BCUT2D eigenvalue weighted by molar-refractivity contribution is 7.16. The van der Waals surface area contributed by atoms with Crippen LogP contribution in [0.5, 0.6) is 0 Å². The van der Waals surface area contributed by atoms with Gasteiger partial charge in [-0.25, -0.2) is 9.98 Å². The number of ether oxygens (including phenoxy) is 1. The van der Waals surface area contributed by atoms with Crippen molar-refractivity contribution in [3.63, 3.8) is 0 Å². The van der Waals surface area contributed by atoms with Crippen LogP contribution in [0.2, 0.25) is 0 Å². The van der Waals surface area contributed by atoms with Crippen LogP contribution in [0.25, 0.3) is 0 Å². The van der Waals surface area contributed by atoms with Gasteiger partial charge in [-0.3, -0.25) is 4.90 Å². The Labute approximate surface area is 207 Å².